The van der Waals surface area contributed by atoms with Gasteiger partial charge in [-0.1, -0.05) is 18.2 Å². The number of carbonyl (C=O) groups is 2. The van der Waals surface area contributed by atoms with Crippen molar-refractivity contribution < 1.29 is 37.7 Å². The molecule has 0 spiro atoms. The van der Waals surface area contributed by atoms with E-state index in [1.165, 1.54) is 30.3 Å². The van der Waals surface area contributed by atoms with Crippen LogP contribution < -0.4 is 9.47 Å². The zero-order valence-corrected chi connectivity index (χ0v) is 18.6. The van der Waals surface area contributed by atoms with Gasteiger partial charge < -0.3 is 19.3 Å². The first-order chi connectivity index (χ1) is 16.4. The van der Waals surface area contributed by atoms with Gasteiger partial charge in [-0.15, -0.1) is 0 Å². The lowest BCUT2D eigenvalue weighted by Gasteiger charge is -2.31. The van der Waals surface area contributed by atoms with Gasteiger partial charge >= 0.3 is 12.6 Å². The van der Waals surface area contributed by atoms with Crippen molar-refractivity contribution in [3.8, 4) is 17.2 Å². The molecular formula is C25H25F2NO6. The maximum atomic E-state index is 12.9. The predicted molar refractivity (Wildman–Crippen MR) is 119 cm³/mol. The molecule has 0 saturated carbocycles. The highest BCUT2D eigenvalue weighted by atomic mass is 19.3. The molecule has 7 nitrogen and oxygen atoms in total. The van der Waals surface area contributed by atoms with Crippen molar-refractivity contribution in [1.82, 2.24) is 4.90 Å². The molecule has 2 aromatic carbocycles. The van der Waals surface area contributed by atoms with E-state index >= 15 is 0 Å². The van der Waals surface area contributed by atoms with E-state index in [0.29, 0.717) is 44.6 Å². The first kappa shape index (κ1) is 23.7. The maximum absolute atomic E-state index is 12.9. The molecule has 0 bridgehead atoms. The Labute approximate surface area is 195 Å². The fraction of sp³-hybridized carbons (Fsp3) is 0.360. The van der Waals surface area contributed by atoms with Crippen LogP contribution in [0.1, 0.15) is 41.3 Å². The lowest BCUT2D eigenvalue weighted by Crippen LogP contribution is -2.36. The van der Waals surface area contributed by atoms with Crippen molar-refractivity contribution in [2.24, 2.45) is 5.92 Å². The Balaban J connectivity index is 1.53. The number of hydrogen-bond acceptors (Lipinski definition) is 7. The third-order valence-electron chi connectivity index (χ3n) is 5.93. The summed E-state index contributed by atoms with van der Waals surface area (Å²) >= 11 is 0. The second-order valence-corrected chi connectivity index (χ2v) is 8.10. The number of phenolic OH excluding ortho intramolecular Hbond substituents is 1. The lowest BCUT2D eigenvalue weighted by molar-refractivity contribution is -0.149. The van der Waals surface area contributed by atoms with Crippen LogP contribution in [0.25, 0.3) is 6.08 Å². The number of aromatic hydroxyl groups is 1. The van der Waals surface area contributed by atoms with Crippen LogP contribution in [0, 0.1) is 5.92 Å². The fourth-order valence-electron chi connectivity index (χ4n) is 4.20. The molecule has 0 amide bonds. The van der Waals surface area contributed by atoms with Crippen LogP contribution in [0.2, 0.25) is 0 Å². The quantitative estimate of drug-likeness (QED) is 0.472. The minimum atomic E-state index is -3.01. The number of phenols is 1. The van der Waals surface area contributed by atoms with E-state index in [9.17, 15) is 23.5 Å². The van der Waals surface area contributed by atoms with Crippen LogP contribution in [-0.4, -0.2) is 48.1 Å². The molecule has 0 aliphatic carbocycles. The van der Waals surface area contributed by atoms with Crippen LogP contribution in [-0.2, 0) is 16.1 Å². The monoisotopic (exact) mass is 473 g/mol. The first-order valence-corrected chi connectivity index (χ1v) is 11.1. The molecule has 2 aliphatic heterocycles. The Morgan fingerprint density at radius 2 is 1.97 bits per heavy atom. The summed E-state index contributed by atoms with van der Waals surface area (Å²) in [6.07, 6.45) is 2.63. The molecule has 34 heavy (non-hydrogen) atoms. The van der Waals surface area contributed by atoms with Crippen LogP contribution in [0.4, 0.5) is 8.78 Å². The number of Topliss-reactive ketones (excluding diaryl/α,β-unsaturated/α-hetero) is 1. The second-order valence-electron chi connectivity index (χ2n) is 8.10. The van der Waals surface area contributed by atoms with E-state index in [1.54, 1.807) is 19.1 Å². The van der Waals surface area contributed by atoms with Gasteiger partial charge in [-0.3, -0.25) is 14.5 Å². The zero-order chi connectivity index (χ0) is 24.2. The van der Waals surface area contributed by atoms with Gasteiger partial charge in [0.1, 0.15) is 17.2 Å². The third kappa shape index (κ3) is 5.04. The number of piperidine rings is 1. The number of alkyl halides is 2. The summed E-state index contributed by atoms with van der Waals surface area (Å²) in [6.45, 7) is 0.705. The van der Waals surface area contributed by atoms with Gasteiger partial charge in [0.15, 0.2) is 5.76 Å². The van der Waals surface area contributed by atoms with Crippen molar-refractivity contribution in [2.45, 2.75) is 32.9 Å². The van der Waals surface area contributed by atoms with Crippen LogP contribution >= 0.6 is 0 Å². The molecule has 4 rings (SSSR count). The fourth-order valence-corrected chi connectivity index (χ4v) is 4.20. The number of allylic oxidation sites excluding steroid dienone is 1. The number of fused-ring (bicyclic) bond motifs is 1. The molecular weight excluding hydrogens is 448 g/mol. The number of benzene rings is 2. The van der Waals surface area contributed by atoms with Gasteiger partial charge in [-0.25, -0.2) is 0 Å². The summed E-state index contributed by atoms with van der Waals surface area (Å²) in [5, 5.41) is 10.5. The lowest BCUT2D eigenvalue weighted by atomic mass is 9.96. The second kappa shape index (κ2) is 10.2. The van der Waals surface area contributed by atoms with E-state index < -0.39 is 12.4 Å². The first-order valence-electron chi connectivity index (χ1n) is 11.1. The Kier molecular flexibility index (Phi) is 7.12. The number of ketones is 1. The van der Waals surface area contributed by atoms with Gasteiger partial charge in [0, 0.05) is 12.1 Å². The van der Waals surface area contributed by atoms with Gasteiger partial charge in [-0.05, 0) is 57.1 Å². The number of rotatable bonds is 7. The Morgan fingerprint density at radius 1 is 1.24 bits per heavy atom. The zero-order valence-electron chi connectivity index (χ0n) is 18.6. The highest BCUT2D eigenvalue weighted by Crippen LogP contribution is 2.41. The van der Waals surface area contributed by atoms with Crippen molar-refractivity contribution in [3.63, 3.8) is 0 Å². The van der Waals surface area contributed by atoms with Crippen molar-refractivity contribution in [1.29, 1.82) is 0 Å². The van der Waals surface area contributed by atoms with E-state index in [0.717, 1.165) is 0 Å². The summed E-state index contributed by atoms with van der Waals surface area (Å²) in [4.78, 5) is 27.0. The summed E-state index contributed by atoms with van der Waals surface area (Å²) in [5.41, 5.74) is 1.01. The average Bonchev–Trinajstić information content (AvgIpc) is 3.13. The van der Waals surface area contributed by atoms with Crippen molar-refractivity contribution in [3.05, 3.63) is 58.8 Å². The average molecular weight is 473 g/mol. The summed E-state index contributed by atoms with van der Waals surface area (Å²) in [5.74, 6) is -0.639. The van der Waals surface area contributed by atoms with E-state index in [-0.39, 0.29) is 46.0 Å². The predicted octanol–water partition coefficient (Wildman–Crippen LogP) is 4.38. The van der Waals surface area contributed by atoms with Gasteiger partial charge in [0.2, 0.25) is 5.78 Å². The van der Waals surface area contributed by atoms with Crippen molar-refractivity contribution >= 4 is 17.8 Å². The number of para-hydroxylation sites is 1. The topological polar surface area (TPSA) is 85.3 Å². The number of ether oxygens (including phenoxy) is 3. The van der Waals surface area contributed by atoms with Gasteiger partial charge in [0.25, 0.3) is 0 Å². The highest BCUT2D eigenvalue weighted by molar-refractivity contribution is 6.15. The number of esters is 1. The molecule has 1 N–H and O–H groups in total. The SMILES string of the molecule is CCOC(=O)C1CCN(Cc2c(O)ccc3c2O/C(=C/c2ccccc2OC(F)F)C3=O)CC1. The van der Waals surface area contributed by atoms with Gasteiger partial charge in [0.05, 0.1) is 23.7 Å². The minimum Gasteiger partial charge on any atom is -0.507 e. The Bertz CT molecular complexity index is 1110. The molecule has 1 fully saturated rings. The standard InChI is InChI=1S/C25H25F2NO6/c1-2-32-24(31)15-9-11-28(12-10-15)14-18-19(29)8-7-17-22(30)21(33-23(17)18)13-16-5-3-4-6-20(16)34-25(26)27/h3-8,13,15,25,29H,2,9-12,14H2,1H3/b21-13+. The minimum absolute atomic E-state index is 0.0123. The van der Waals surface area contributed by atoms with E-state index in [2.05, 4.69) is 9.64 Å². The molecule has 0 unspecified atom stereocenters. The maximum Gasteiger partial charge on any atom is 0.387 e. The van der Waals surface area contributed by atoms with E-state index in [1.807, 2.05) is 0 Å². The highest BCUT2D eigenvalue weighted by Gasteiger charge is 2.33. The van der Waals surface area contributed by atoms with Crippen LogP contribution in [0.5, 0.6) is 17.2 Å². The third-order valence-corrected chi connectivity index (χ3v) is 5.93. The van der Waals surface area contributed by atoms with E-state index in [4.69, 9.17) is 9.47 Å². The molecule has 0 aromatic heterocycles. The smallest absolute Gasteiger partial charge is 0.387 e. The molecule has 2 aliphatic rings. The molecule has 2 aromatic rings. The van der Waals surface area contributed by atoms with Gasteiger partial charge in [-0.2, -0.15) is 8.78 Å². The summed E-state index contributed by atoms with van der Waals surface area (Å²) < 4.78 is 40.9. The summed E-state index contributed by atoms with van der Waals surface area (Å²) in [6, 6.07) is 9.02. The Morgan fingerprint density at radius 3 is 2.68 bits per heavy atom. The molecule has 0 atom stereocenters. The summed E-state index contributed by atoms with van der Waals surface area (Å²) in [7, 11) is 0. The number of likely N-dealkylation sites (tertiary alicyclic amines) is 1. The normalized spacial score (nSPS) is 17.6. The molecule has 9 heteroatoms. The molecule has 180 valence electrons. The molecule has 2 heterocycles. The van der Waals surface area contributed by atoms with Crippen LogP contribution in [0.15, 0.2) is 42.2 Å². The number of hydrogen-bond donors (Lipinski definition) is 1. The van der Waals surface area contributed by atoms with Crippen LogP contribution in [0.3, 0.4) is 0 Å². The molecule has 1 saturated heterocycles. The van der Waals surface area contributed by atoms with Crippen molar-refractivity contribution in [2.75, 3.05) is 19.7 Å². The number of nitrogens with zero attached hydrogens (tertiary/aromatic N) is 1. The number of halogens is 2. The largest absolute Gasteiger partial charge is 0.507 e. The molecule has 0 radical (unpaired) electrons. The Hall–Kier alpha value is -3.46. The number of carbonyl (C=O) groups excluding carboxylic acids is 2.